The van der Waals surface area contributed by atoms with Crippen molar-refractivity contribution in [2.24, 2.45) is 0 Å². The first-order chi connectivity index (χ1) is 8.61. The van der Waals surface area contributed by atoms with E-state index in [0.717, 1.165) is 5.56 Å². The third-order valence-corrected chi connectivity index (χ3v) is 3.18. The van der Waals surface area contributed by atoms with Gasteiger partial charge in [-0.1, -0.05) is 12.1 Å². The van der Waals surface area contributed by atoms with Crippen molar-refractivity contribution < 1.29 is 4.39 Å². The van der Waals surface area contributed by atoms with Gasteiger partial charge in [0.05, 0.1) is 16.9 Å². The highest BCUT2D eigenvalue weighted by atomic mass is 79.9. The molecule has 2 aromatic rings. The zero-order valence-electron chi connectivity index (χ0n) is 9.67. The summed E-state index contributed by atoms with van der Waals surface area (Å²) < 4.78 is 14.3. The maximum atomic E-state index is 13.7. The highest BCUT2D eigenvalue weighted by molar-refractivity contribution is 9.10. The van der Waals surface area contributed by atoms with Gasteiger partial charge in [0, 0.05) is 4.47 Å². The summed E-state index contributed by atoms with van der Waals surface area (Å²) in [5.74, 6) is -0.367. The Kier molecular flexibility index (Phi) is 3.63. The van der Waals surface area contributed by atoms with Gasteiger partial charge in [0.15, 0.2) is 0 Å². The number of nitriles is 1. The average Bonchev–Trinajstić information content (AvgIpc) is 2.35. The molecule has 0 fully saturated rings. The molecule has 0 amide bonds. The molecule has 0 saturated heterocycles. The summed E-state index contributed by atoms with van der Waals surface area (Å²) in [5.41, 5.74) is 2.40. The summed E-state index contributed by atoms with van der Waals surface area (Å²) in [7, 11) is 0. The molecule has 0 atom stereocenters. The zero-order chi connectivity index (χ0) is 13.1. The van der Waals surface area contributed by atoms with E-state index in [1.54, 1.807) is 24.3 Å². The molecule has 90 valence electrons. The quantitative estimate of drug-likeness (QED) is 0.886. The largest absolute Gasteiger partial charge is 0.351 e. The number of nitrogens with one attached hydrogen (secondary N) is 1. The Morgan fingerprint density at radius 3 is 2.72 bits per heavy atom. The number of hydrogen-bond acceptors (Lipinski definition) is 2. The Morgan fingerprint density at radius 2 is 2.06 bits per heavy atom. The fourth-order valence-corrected chi connectivity index (χ4v) is 2.05. The zero-order valence-corrected chi connectivity index (χ0v) is 11.3. The molecule has 0 spiro atoms. The molecule has 4 heteroatoms. The standard InChI is InChI=1S/C14H10BrFN2/c1-9-5-6-13(10(7-9)8-17)18-14-11(15)3-2-4-12(14)16/h2-7,18H,1H3. The minimum Gasteiger partial charge on any atom is -0.351 e. The second-order valence-corrected chi connectivity index (χ2v) is 4.74. The molecule has 0 bridgehead atoms. The van der Waals surface area contributed by atoms with Crippen LogP contribution in [-0.4, -0.2) is 0 Å². The van der Waals surface area contributed by atoms with Crippen LogP contribution in [-0.2, 0) is 0 Å². The Labute approximate surface area is 113 Å². The number of anilines is 2. The number of hydrogen-bond donors (Lipinski definition) is 1. The molecule has 18 heavy (non-hydrogen) atoms. The average molecular weight is 305 g/mol. The van der Waals surface area contributed by atoms with Crippen LogP contribution in [0.15, 0.2) is 40.9 Å². The Bertz CT molecular complexity index is 612. The minimum absolute atomic E-state index is 0.331. The smallest absolute Gasteiger partial charge is 0.147 e. The van der Waals surface area contributed by atoms with Gasteiger partial charge < -0.3 is 5.32 Å². The van der Waals surface area contributed by atoms with Gasteiger partial charge in [-0.2, -0.15) is 5.26 Å². The summed E-state index contributed by atoms with van der Waals surface area (Å²) in [6.07, 6.45) is 0. The Morgan fingerprint density at radius 1 is 1.28 bits per heavy atom. The van der Waals surface area contributed by atoms with Crippen molar-refractivity contribution in [1.82, 2.24) is 0 Å². The molecule has 0 heterocycles. The van der Waals surface area contributed by atoms with E-state index in [2.05, 4.69) is 27.3 Å². The molecule has 0 aromatic heterocycles. The van der Waals surface area contributed by atoms with E-state index in [0.29, 0.717) is 21.4 Å². The summed E-state index contributed by atoms with van der Waals surface area (Å²) in [4.78, 5) is 0. The fourth-order valence-electron chi connectivity index (χ4n) is 1.61. The first-order valence-corrected chi connectivity index (χ1v) is 6.13. The fraction of sp³-hybridized carbons (Fsp3) is 0.0714. The second kappa shape index (κ2) is 5.19. The van der Waals surface area contributed by atoms with Crippen LogP contribution in [0.3, 0.4) is 0 Å². The van der Waals surface area contributed by atoms with Gasteiger partial charge in [-0.3, -0.25) is 0 Å². The second-order valence-electron chi connectivity index (χ2n) is 3.88. The number of nitrogens with zero attached hydrogens (tertiary/aromatic N) is 1. The van der Waals surface area contributed by atoms with E-state index in [1.807, 2.05) is 13.0 Å². The molecular formula is C14H10BrFN2. The normalized spacial score (nSPS) is 9.89. The lowest BCUT2D eigenvalue weighted by Crippen LogP contribution is -1.97. The van der Waals surface area contributed by atoms with Crippen molar-refractivity contribution in [3.05, 3.63) is 57.8 Å². The maximum Gasteiger partial charge on any atom is 0.147 e. The van der Waals surface area contributed by atoms with Crippen molar-refractivity contribution in [1.29, 1.82) is 5.26 Å². The predicted octanol–water partition coefficient (Wildman–Crippen LogP) is 4.51. The van der Waals surface area contributed by atoms with Gasteiger partial charge in [0.1, 0.15) is 11.9 Å². The molecule has 2 nitrogen and oxygen atoms in total. The molecule has 0 unspecified atom stereocenters. The highest BCUT2D eigenvalue weighted by Crippen LogP contribution is 2.30. The number of aryl methyl sites for hydroxylation is 1. The summed E-state index contributed by atoms with van der Waals surface area (Å²) in [6, 6.07) is 12.2. The topological polar surface area (TPSA) is 35.8 Å². The third kappa shape index (κ3) is 2.52. The van der Waals surface area contributed by atoms with E-state index >= 15 is 0 Å². The van der Waals surface area contributed by atoms with Crippen molar-refractivity contribution in [3.8, 4) is 6.07 Å². The summed E-state index contributed by atoms with van der Waals surface area (Å²) in [6.45, 7) is 1.91. The van der Waals surface area contributed by atoms with Crippen molar-refractivity contribution in [3.63, 3.8) is 0 Å². The Balaban J connectivity index is 2.44. The van der Waals surface area contributed by atoms with E-state index in [1.165, 1.54) is 6.07 Å². The molecular weight excluding hydrogens is 295 g/mol. The number of halogens is 2. The van der Waals surface area contributed by atoms with Gasteiger partial charge in [0.2, 0.25) is 0 Å². The van der Waals surface area contributed by atoms with Crippen LogP contribution in [0.5, 0.6) is 0 Å². The summed E-state index contributed by atoms with van der Waals surface area (Å²) >= 11 is 3.28. The SMILES string of the molecule is Cc1ccc(Nc2c(F)cccc2Br)c(C#N)c1. The van der Waals surface area contributed by atoms with Gasteiger partial charge in [-0.05, 0) is 52.7 Å². The number of rotatable bonds is 2. The van der Waals surface area contributed by atoms with E-state index < -0.39 is 0 Å². The van der Waals surface area contributed by atoms with Gasteiger partial charge in [0.25, 0.3) is 0 Å². The molecule has 0 aliphatic carbocycles. The molecule has 0 radical (unpaired) electrons. The molecule has 0 aliphatic rings. The van der Waals surface area contributed by atoms with E-state index in [-0.39, 0.29) is 5.82 Å². The van der Waals surface area contributed by atoms with Crippen LogP contribution in [0.2, 0.25) is 0 Å². The summed E-state index contributed by atoms with van der Waals surface area (Å²) in [5, 5.41) is 12.0. The lowest BCUT2D eigenvalue weighted by atomic mass is 10.1. The van der Waals surface area contributed by atoms with Gasteiger partial charge in [-0.15, -0.1) is 0 Å². The van der Waals surface area contributed by atoms with Crippen molar-refractivity contribution >= 4 is 27.3 Å². The predicted molar refractivity (Wildman–Crippen MR) is 73.3 cm³/mol. The Hall–Kier alpha value is -1.86. The van der Waals surface area contributed by atoms with Crippen LogP contribution in [0.1, 0.15) is 11.1 Å². The van der Waals surface area contributed by atoms with Crippen LogP contribution < -0.4 is 5.32 Å². The molecule has 2 rings (SSSR count). The lowest BCUT2D eigenvalue weighted by molar-refractivity contribution is 0.631. The van der Waals surface area contributed by atoms with Gasteiger partial charge >= 0.3 is 0 Å². The van der Waals surface area contributed by atoms with Crippen molar-refractivity contribution in [2.45, 2.75) is 6.92 Å². The number of para-hydroxylation sites is 1. The molecule has 0 aliphatic heterocycles. The van der Waals surface area contributed by atoms with Crippen LogP contribution in [0.25, 0.3) is 0 Å². The third-order valence-electron chi connectivity index (χ3n) is 2.52. The van der Waals surface area contributed by atoms with Gasteiger partial charge in [-0.25, -0.2) is 4.39 Å². The minimum atomic E-state index is -0.367. The highest BCUT2D eigenvalue weighted by Gasteiger charge is 2.09. The van der Waals surface area contributed by atoms with E-state index in [9.17, 15) is 4.39 Å². The first-order valence-electron chi connectivity index (χ1n) is 5.33. The van der Waals surface area contributed by atoms with Crippen molar-refractivity contribution in [2.75, 3.05) is 5.32 Å². The molecule has 2 aromatic carbocycles. The van der Waals surface area contributed by atoms with Crippen LogP contribution >= 0.6 is 15.9 Å². The van der Waals surface area contributed by atoms with E-state index in [4.69, 9.17) is 5.26 Å². The monoisotopic (exact) mass is 304 g/mol. The molecule has 1 N–H and O–H groups in total. The van der Waals surface area contributed by atoms with Crippen LogP contribution in [0, 0.1) is 24.1 Å². The molecule has 0 saturated carbocycles. The number of benzene rings is 2. The lowest BCUT2D eigenvalue weighted by Gasteiger charge is -2.11. The maximum absolute atomic E-state index is 13.7. The first kappa shape index (κ1) is 12.6. The van der Waals surface area contributed by atoms with Crippen LogP contribution in [0.4, 0.5) is 15.8 Å².